The van der Waals surface area contributed by atoms with E-state index in [0.29, 0.717) is 11.4 Å². The Morgan fingerprint density at radius 2 is 1.89 bits per heavy atom. The van der Waals surface area contributed by atoms with Crippen molar-refractivity contribution >= 4 is 17.5 Å². The van der Waals surface area contributed by atoms with Crippen LogP contribution in [-0.4, -0.2) is 20.7 Å². The van der Waals surface area contributed by atoms with Crippen LogP contribution in [0.5, 0.6) is 0 Å². The zero-order valence-corrected chi connectivity index (χ0v) is 12.0. The number of nitrogens with zero attached hydrogens (tertiary/aromatic N) is 3. The van der Waals surface area contributed by atoms with E-state index in [4.69, 9.17) is 17.3 Å². The van der Waals surface area contributed by atoms with Crippen molar-refractivity contribution in [2.24, 2.45) is 12.8 Å². The van der Waals surface area contributed by atoms with E-state index in [9.17, 15) is 4.79 Å². The van der Waals surface area contributed by atoms with Crippen LogP contribution in [0.4, 0.5) is 0 Å². The fraction of sp³-hybridized carbons (Fsp3) is 0.308. The van der Waals surface area contributed by atoms with E-state index >= 15 is 0 Å². The molecule has 6 heteroatoms. The molecular formula is C13H15ClN4O. The molecular weight excluding hydrogens is 264 g/mol. The zero-order chi connectivity index (χ0) is 14.3. The van der Waals surface area contributed by atoms with Crippen molar-refractivity contribution in [3.8, 4) is 11.4 Å². The van der Waals surface area contributed by atoms with Crippen LogP contribution in [-0.2, 0) is 7.05 Å². The molecule has 5 nitrogen and oxygen atoms in total. The van der Waals surface area contributed by atoms with Crippen molar-refractivity contribution in [1.82, 2.24) is 14.8 Å². The maximum absolute atomic E-state index is 11.3. The van der Waals surface area contributed by atoms with Gasteiger partial charge in [0.05, 0.1) is 5.69 Å². The van der Waals surface area contributed by atoms with Gasteiger partial charge in [-0.25, -0.2) is 0 Å². The fourth-order valence-electron chi connectivity index (χ4n) is 2.00. The Morgan fingerprint density at radius 1 is 1.26 bits per heavy atom. The maximum atomic E-state index is 11.3. The van der Waals surface area contributed by atoms with Crippen LogP contribution in [0, 0.1) is 20.8 Å². The summed E-state index contributed by atoms with van der Waals surface area (Å²) in [5.41, 5.74) is 9.61. The number of carbonyl (C=O) groups excluding carboxylic acids is 1. The van der Waals surface area contributed by atoms with Crippen molar-refractivity contribution in [1.29, 1.82) is 0 Å². The lowest BCUT2D eigenvalue weighted by Crippen LogP contribution is -2.16. The summed E-state index contributed by atoms with van der Waals surface area (Å²) < 4.78 is 1.39. The van der Waals surface area contributed by atoms with Gasteiger partial charge in [-0.1, -0.05) is 17.7 Å². The average molecular weight is 279 g/mol. The van der Waals surface area contributed by atoms with E-state index in [0.717, 1.165) is 16.8 Å². The highest BCUT2D eigenvalue weighted by Crippen LogP contribution is 2.31. The highest BCUT2D eigenvalue weighted by molar-refractivity contribution is 6.36. The molecule has 0 spiro atoms. The van der Waals surface area contributed by atoms with Crippen LogP contribution in [0.15, 0.2) is 6.07 Å². The molecule has 0 radical (unpaired) electrons. The standard InChI is InChI=1S/C13H15ClN4O/c1-6-5-7(2)10(16-8(6)3)11-9(14)12(13(15)19)18(4)17-11/h5H,1-4H3,(H2,15,19). The molecule has 2 aromatic rings. The molecule has 0 saturated heterocycles. The third-order valence-electron chi connectivity index (χ3n) is 3.10. The first-order valence-electron chi connectivity index (χ1n) is 5.80. The summed E-state index contributed by atoms with van der Waals surface area (Å²) in [6.07, 6.45) is 0. The molecule has 2 aromatic heterocycles. The summed E-state index contributed by atoms with van der Waals surface area (Å²) in [5, 5.41) is 4.50. The van der Waals surface area contributed by atoms with Gasteiger partial charge in [-0.2, -0.15) is 5.10 Å². The molecule has 19 heavy (non-hydrogen) atoms. The van der Waals surface area contributed by atoms with Crippen LogP contribution in [0.3, 0.4) is 0 Å². The molecule has 0 bridgehead atoms. The number of aromatic nitrogens is 3. The molecule has 0 atom stereocenters. The van der Waals surface area contributed by atoms with Gasteiger partial charge in [-0.15, -0.1) is 0 Å². The molecule has 2 rings (SSSR count). The van der Waals surface area contributed by atoms with Crippen LogP contribution in [0.2, 0.25) is 5.02 Å². The SMILES string of the molecule is Cc1cc(C)c(-c2nn(C)c(C(N)=O)c2Cl)nc1C. The van der Waals surface area contributed by atoms with Crippen molar-refractivity contribution in [3.05, 3.63) is 33.6 Å². The van der Waals surface area contributed by atoms with Crippen LogP contribution >= 0.6 is 11.6 Å². The molecule has 1 amide bonds. The van der Waals surface area contributed by atoms with E-state index in [1.165, 1.54) is 4.68 Å². The molecule has 0 unspecified atom stereocenters. The number of hydrogen-bond acceptors (Lipinski definition) is 3. The summed E-state index contributed by atoms with van der Waals surface area (Å²) in [6.45, 7) is 5.85. The van der Waals surface area contributed by atoms with Gasteiger partial charge in [0.2, 0.25) is 0 Å². The minimum Gasteiger partial charge on any atom is -0.364 e. The van der Waals surface area contributed by atoms with Gasteiger partial charge in [-0.3, -0.25) is 14.5 Å². The van der Waals surface area contributed by atoms with E-state index in [-0.39, 0.29) is 10.7 Å². The minimum absolute atomic E-state index is 0.191. The van der Waals surface area contributed by atoms with Gasteiger partial charge in [0, 0.05) is 12.7 Å². The molecule has 0 fully saturated rings. The van der Waals surface area contributed by atoms with Crippen molar-refractivity contribution < 1.29 is 4.79 Å². The van der Waals surface area contributed by atoms with Gasteiger partial charge in [0.15, 0.2) is 0 Å². The van der Waals surface area contributed by atoms with Crippen LogP contribution in [0.1, 0.15) is 27.3 Å². The van der Waals surface area contributed by atoms with E-state index < -0.39 is 5.91 Å². The Labute approximate surface area is 116 Å². The van der Waals surface area contributed by atoms with Crippen molar-refractivity contribution in [3.63, 3.8) is 0 Å². The molecule has 0 aliphatic rings. The molecule has 0 aromatic carbocycles. The molecule has 0 aliphatic carbocycles. The van der Waals surface area contributed by atoms with Crippen molar-refractivity contribution in [2.45, 2.75) is 20.8 Å². The largest absolute Gasteiger partial charge is 0.364 e. The number of hydrogen-bond donors (Lipinski definition) is 1. The lowest BCUT2D eigenvalue weighted by Gasteiger charge is -2.06. The normalized spacial score (nSPS) is 10.8. The fourth-order valence-corrected chi connectivity index (χ4v) is 2.34. The lowest BCUT2D eigenvalue weighted by molar-refractivity contribution is 0.0991. The topological polar surface area (TPSA) is 73.8 Å². The third-order valence-corrected chi connectivity index (χ3v) is 3.46. The first-order valence-corrected chi connectivity index (χ1v) is 6.18. The molecule has 2 heterocycles. The molecule has 100 valence electrons. The Kier molecular flexibility index (Phi) is 3.32. The Hall–Kier alpha value is -1.88. The van der Waals surface area contributed by atoms with E-state index in [1.807, 2.05) is 26.8 Å². The highest BCUT2D eigenvalue weighted by Gasteiger charge is 2.22. The second-order valence-corrected chi connectivity index (χ2v) is 4.93. The lowest BCUT2D eigenvalue weighted by atomic mass is 10.1. The van der Waals surface area contributed by atoms with Gasteiger partial charge < -0.3 is 5.73 Å². The summed E-state index contributed by atoms with van der Waals surface area (Å²) >= 11 is 6.20. The number of nitrogens with two attached hydrogens (primary N) is 1. The van der Waals surface area contributed by atoms with Gasteiger partial charge in [-0.05, 0) is 31.9 Å². The number of halogens is 1. The molecule has 0 saturated carbocycles. The number of primary amides is 1. The quantitative estimate of drug-likeness (QED) is 0.915. The monoisotopic (exact) mass is 278 g/mol. The van der Waals surface area contributed by atoms with E-state index in [2.05, 4.69) is 10.1 Å². The summed E-state index contributed by atoms with van der Waals surface area (Å²) in [4.78, 5) is 15.9. The van der Waals surface area contributed by atoms with Crippen molar-refractivity contribution in [2.75, 3.05) is 0 Å². The number of carbonyl (C=O) groups is 1. The van der Waals surface area contributed by atoms with Gasteiger partial charge in [0.25, 0.3) is 5.91 Å². The number of aryl methyl sites for hydroxylation is 4. The maximum Gasteiger partial charge on any atom is 0.268 e. The van der Waals surface area contributed by atoms with E-state index in [1.54, 1.807) is 7.05 Å². The molecule has 2 N–H and O–H groups in total. The highest BCUT2D eigenvalue weighted by atomic mass is 35.5. The number of rotatable bonds is 2. The summed E-state index contributed by atoms with van der Waals surface area (Å²) in [5.74, 6) is -0.604. The average Bonchev–Trinajstić information content (AvgIpc) is 2.59. The minimum atomic E-state index is -0.604. The number of pyridine rings is 1. The summed E-state index contributed by atoms with van der Waals surface area (Å²) in [7, 11) is 1.63. The predicted molar refractivity (Wildman–Crippen MR) is 74.2 cm³/mol. The Balaban J connectivity index is 2.70. The first kappa shape index (κ1) is 13.5. The Morgan fingerprint density at radius 3 is 2.42 bits per heavy atom. The number of amides is 1. The van der Waals surface area contributed by atoms with Crippen LogP contribution in [0.25, 0.3) is 11.4 Å². The van der Waals surface area contributed by atoms with Gasteiger partial charge >= 0.3 is 0 Å². The third kappa shape index (κ3) is 2.21. The summed E-state index contributed by atoms with van der Waals surface area (Å²) in [6, 6.07) is 2.02. The van der Waals surface area contributed by atoms with Gasteiger partial charge in [0.1, 0.15) is 16.4 Å². The predicted octanol–water partition coefficient (Wildman–Crippen LogP) is 2.16. The molecule has 0 aliphatic heterocycles. The van der Waals surface area contributed by atoms with Crippen LogP contribution < -0.4 is 5.73 Å². The smallest absolute Gasteiger partial charge is 0.268 e. The Bertz CT molecular complexity index is 676. The zero-order valence-electron chi connectivity index (χ0n) is 11.3. The second kappa shape index (κ2) is 4.66. The second-order valence-electron chi connectivity index (χ2n) is 4.56. The first-order chi connectivity index (χ1) is 8.82.